The normalized spacial score (nSPS) is 11.3. The number of nitrogens with one attached hydrogen (secondary N) is 1. The maximum atomic E-state index is 12.3. The zero-order valence-corrected chi connectivity index (χ0v) is 17.2. The molecule has 0 fully saturated rings. The number of rotatable bonds is 7. The molecule has 0 amide bonds. The highest BCUT2D eigenvalue weighted by molar-refractivity contribution is 7.89. The van der Waals surface area contributed by atoms with Crippen molar-refractivity contribution in [2.24, 2.45) is 5.10 Å². The van der Waals surface area contributed by atoms with Crippen molar-refractivity contribution in [3.63, 3.8) is 0 Å². The van der Waals surface area contributed by atoms with Crippen LogP contribution in [0, 0.1) is 6.92 Å². The van der Waals surface area contributed by atoms with Crippen molar-refractivity contribution in [1.29, 1.82) is 0 Å². The first kappa shape index (κ1) is 21.1. The number of hydrazone groups is 1. The second kappa shape index (κ2) is 9.23. The third-order valence-electron chi connectivity index (χ3n) is 4.11. The van der Waals surface area contributed by atoms with Crippen LogP contribution in [0.2, 0.25) is 0 Å². The highest BCUT2D eigenvalue weighted by atomic mass is 32.2. The van der Waals surface area contributed by atoms with Crippen LogP contribution in [0.1, 0.15) is 21.5 Å². The number of hydrogen-bond donors (Lipinski definition) is 1. The van der Waals surface area contributed by atoms with Gasteiger partial charge in [-0.05, 0) is 61.0 Å². The van der Waals surface area contributed by atoms with Gasteiger partial charge in [0.2, 0.25) is 0 Å². The smallest absolute Gasteiger partial charge is 0.343 e. The molecule has 0 bridgehead atoms. The number of benzene rings is 3. The molecule has 3 rings (SSSR count). The fourth-order valence-corrected chi connectivity index (χ4v) is 3.28. The van der Waals surface area contributed by atoms with Gasteiger partial charge in [0.15, 0.2) is 0 Å². The van der Waals surface area contributed by atoms with Crippen molar-refractivity contribution in [1.82, 2.24) is 4.83 Å². The van der Waals surface area contributed by atoms with E-state index in [-0.39, 0.29) is 4.90 Å². The SMILES string of the molecule is COc1ccc(C(=O)Oc2cccc(C=NNS(=O)(=O)c3ccc(C)cc3)c2)cc1. The molecule has 0 heterocycles. The van der Waals surface area contributed by atoms with E-state index in [2.05, 4.69) is 9.93 Å². The summed E-state index contributed by atoms with van der Waals surface area (Å²) in [5, 5.41) is 3.79. The standard InChI is InChI=1S/C22H20N2O5S/c1-16-6-12-21(13-7-16)30(26,27)24-23-15-17-4-3-5-20(14-17)29-22(25)18-8-10-19(28-2)11-9-18/h3-15,24H,1-2H3. The van der Waals surface area contributed by atoms with Crippen LogP contribution in [0.25, 0.3) is 0 Å². The monoisotopic (exact) mass is 424 g/mol. The van der Waals surface area contributed by atoms with Crippen molar-refractivity contribution >= 4 is 22.2 Å². The molecule has 0 aliphatic carbocycles. The van der Waals surface area contributed by atoms with Crippen LogP contribution < -0.4 is 14.3 Å². The summed E-state index contributed by atoms with van der Waals surface area (Å²) in [6.45, 7) is 1.87. The third-order valence-corrected chi connectivity index (χ3v) is 5.35. The second-order valence-electron chi connectivity index (χ2n) is 6.36. The lowest BCUT2D eigenvalue weighted by molar-refractivity contribution is 0.0734. The number of aryl methyl sites for hydroxylation is 1. The van der Waals surface area contributed by atoms with Gasteiger partial charge in [0.1, 0.15) is 11.5 Å². The average molecular weight is 424 g/mol. The molecule has 0 aromatic heterocycles. The van der Waals surface area contributed by atoms with Gasteiger partial charge in [-0.25, -0.2) is 9.63 Å². The van der Waals surface area contributed by atoms with Crippen LogP contribution in [0.3, 0.4) is 0 Å². The molecule has 0 saturated carbocycles. The fourth-order valence-electron chi connectivity index (χ4n) is 2.49. The lowest BCUT2D eigenvalue weighted by atomic mass is 10.2. The molecular formula is C22H20N2O5S. The number of carbonyl (C=O) groups excluding carboxylic acids is 1. The second-order valence-corrected chi connectivity index (χ2v) is 8.02. The van der Waals surface area contributed by atoms with Gasteiger partial charge in [-0.15, -0.1) is 0 Å². The van der Waals surface area contributed by atoms with Gasteiger partial charge >= 0.3 is 5.97 Å². The van der Waals surface area contributed by atoms with E-state index in [1.54, 1.807) is 67.8 Å². The number of nitrogens with zero attached hydrogens (tertiary/aromatic N) is 1. The molecule has 3 aromatic rings. The predicted molar refractivity (Wildman–Crippen MR) is 113 cm³/mol. The predicted octanol–water partition coefficient (Wildman–Crippen LogP) is 3.54. The van der Waals surface area contributed by atoms with Gasteiger partial charge in [-0.1, -0.05) is 29.8 Å². The Bertz CT molecular complexity index is 1150. The van der Waals surface area contributed by atoms with Crippen molar-refractivity contribution in [2.45, 2.75) is 11.8 Å². The van der Waals surface area contributed by atoms with Gasteiger partial charge in [0.25, 0.3) is 10.0 Å². The fraction of sp³-hybridized carbons (Fsp3) is 0.0909. The Morgan fingerprint density at radius 2 is 1.67 bits per heavy atom. The van der Waals surface area contributed by atoms with Gasteiger partial charge in [-0.3, -0.25) is 0 Å². The minimum Gasteiger partial charge on any atom is -0.497 e. The first-order chi connectivity index (χ1) is 14.4. The molecule has 0 atom stereocenters. The summed E-state index contributed by atoms with van der Waals surface area (Å²) in [7, 11) is -2.22. The molecule has 0 radical (unpaired) electrons. The molecule has 154 valence electrons. The molecule has 30 heavy (non-hydrogen) atoms. The highest BCUT2D eigenvalue weighted by Crippen LogP contribution is 2.17. The molecular weight excluding hydrogens is 404 g/mol. The summed E-state index contributed by atoms with van der Waals surface area (Å²) in [6.07, 6.45) is 1.33. The number of hydrogen-bond acceptors (Lipinski definition) is 6. The first-order valence-corrected chi connectivity index (χ1v) is 10.4. The molecule has 7 nitrogen and oxygen atoms in total. The Labute approximate surface area is 175 Å². The summed E-state index contributed by atoms with van der Waals surface area (Å²) in [6, 6.07) is 19.5. The highest BCUT2D eigenvalue weighted by Gasteiger charge is 2.12. The van der Waals surface area contributed by atoms with Gasteiger partial charge in [0.05, 0.1) is 23.8 Å². The topological polar surface area (TPSA) is 94.1 Å². The van der Waals surface area contributed by atoms with Crippen LogP contribution in [-0.4, -0.2) is 27.7 Å². The Morgan fingerprint density at radius 1 is 0.967 bits per heavy atom. The Hall–Kier alpha value is -3.65. The van der Waals surface area contributed by atoms with E-state index < -0.39 is 16.0 Å². The molecule has 0 saturated heterocycles. The van der Waals surface area contributed by atoms with Crippen LogP contribution in [0.5, 0.6) is 11.5 Å². The average Bonchev–Trinajstić information content (AvgIpc) is 2.74. The lowest BCUT2D eigenvalue weighted by Crippen LogP contribution is -2.18. The first-order valence-electron chi connectivity index (χ1n) is 8.95. The Morgan fingerprint density at radius 3 is 2.33 bits per heavy atom. The summed E-state index contributed by atoms with van der Waals surface area (Å²) in [4.78, 5) is 14.5. The van der Waals surface area contributed by atoms with Crippen molar-refractivity contribution < 1.29 is 22.7 Å². The lowest BCUT2D eigenvalue weighted by Gasteiger charge is -2.06. The van der Waals surface area contributed by atoms with Gasteiger partial charge in [-0.2, -0.15) is 13.5 Å². The molecule has 3 aromatic carbocycles. The minimum absolute atomic E-state index is 0.118. The molecule has 0 unspecified atom stereocenters. The Kier molecular flexibility index (Phi) is 6.48. The summed E-state index contributed by atoms with van der Waals surface area (Å²) >= 11 is 0. The van der Waals surface area contributed by atoms with E-state index >= 15 is 0 Å². The summed E-state index contributed by atoms with van der Waals surface area (Å²) < 4.78 is 34.9. The van der Waals surface area contributed by atoms with Crippen LogP contribution in [0.15, 0.2) is 82.8 Å². The van der Waals surface area contributed by atoms with Crippen LogP contribution in [-0.2, 0) is 10.0 Å². The van der Waals surface area contributed by atoms with Crippen molar-refractivity contribution in [3.05, 3.63) is 89.5 Å². The Balaban J connectivity index is 1.66. The number of methoxy groups -OCH3 is 1. The van der Waals surface area contributed by atoms with E-state index in [0.29, 0.717) is 22.6 Å². The molecule has 1 N–H and O–H groups in total. The number of carbonyl (C=O) groups is 1. The zero-order chi connectivity index (χ0) is 21.6. The molecule has 0 spiro atoms. The van der Waals surface area contributed by atoms with E-state index in [0.717, 1.165) is 5.56 Å². The number of ether oxygens (including phenoxy) is 2. The van der Waals surface area contributed by atoms with Crippen molar-refractivity contribution in [2.75, 3.05) is 7.11 Å². The van der Waals surface area contributed by atoms with Gasteiger partial charge in [0, 0.05) is 0 Å². The maximum Gasteiger partial charge on any atom is 0.343 e. The maximum absolute atomic E-state index is 12.3. The van der Waals surface area contributed by atoms with Gasteiger partial charge < -0.3 is 9.47 Å². The number of esters is 1. The largest absolute Gasteiger partial charge is 0.497 e. The van der Waals surface area contributed by atoms with E-state index in [1.807, 2.05) is 6.92 Å². The van der Waals surface area contributed by atoms with E-state index in [9.17, 15) is 13.2 Å². The van der Waals surface area contributed by atoms with Crippen molar-refractivity contribution in [3.8, 4) is 11.5 Å². The van der Waals surface area contributed by atoms with E-state index in [4.69, 9.17) is 9.47 Å². The molecule has 8 heteroatoms. The number of sulfonamides is 1. The summed E-state index contributed by atoms with van der Waals surface area (Å²) in [5.74, 6) is 0.422. The zero-order valence-electron chi connectivity index (χ0n) is 16.4. The van der Waals surface area contributed by atoms with E-state index in [1.165, 1.54) is 18.3 Å². The minimum atomic E-state index is -3.76. The van der Waals surface area contributed by atoms with Crippen LogP contribution in [0.4, 0.5) is 0 Å². The van der Waals surface area contributed by atoms with Crippen LogP contribution >= 0.6 is 0 Å². The quantitative estimate of drug-likeness (QED) is 0.271. The third kappa shape index (κ3) is 5.45. The molecule has 0 aliphatic heterocycles. The summed E-state index contributed by atoms with van der Waals surface area (Å²) in [5.41, 5.74) is 1.89. The molecule has 0 aliphatic rings.